The van der Waals surface area contributed by atoms with Crippen LogP contribution in [0.4, 0.5) is 5.95 Å². The molecule has 0 radical (unpaired) electrons. The number of carbonyl (C=O) groups excluding carboxylic acids is 1. The van der Waals surface area contributed by atoms with Gasteiger partial charge in [0.15, 0.2) is 17.3 Å². The molecule has 7 nitrogen and oxygen atoms in total. The van der Waals surface area contributed by atoms with Crippen molar-refractivity contribution >= 4 is 11.7 Å². The van der Waals surface area contributed by atoms with Gasteiger partial charge < -0.3 is 14.8 Å². The average molecular weight is 445 g/mol. The Labute approximate surface area is 193 Å². The maximum Gasteiger partial charge on any atom is 0.226 e. The molecule has 0 saturated heterocycles. The second-order valence-electron chi connectivity index (χ2n) is 8.91. The quantitative estimate of drug-likeness (QED) is 0.607. The number of ketones is 1. The van der Waals surface area contributed by atoms with Crippen LogP contribution in [0.15, 0.2) is 60.1 Å². The first-order valence-corrected chi connectivity index (χ1v) is 11.2. The summed E-state index contributed by atoms with van der Waals surface area (Å²) in [5, 5.41) is 7.82. The predicted octanol–water partition coefficient (Wildman–Crippen LogP) is 4.83. The molecule has 7 heteroatoms. The second-order valence-corrected chi connectivity index (χ2v) is 8.91. The molecule has 2 atom stereocenters. The van der Waals surface area contributed by atoms with Crippen LogP contribution in [-0.4, -0.2) is 34.8 Å². The highest BCUT2D eigenvalue weighted by atomic mass is 16.5. The fraction of sp³-hybridized carbons (Fsp3) is 0.346. The predicted molar refractivity (Wildman–Crippen MR) is 126 cm³/mol. The van der Waals surface area contributed by atoms with Crippen LogP contribution in [0.3, 0.4) is 0 Å². The van der Waals surface area contributed by atoms with Crippen molar-refractivity contribution in [3.05, 3.63) is 76.8 Å². The van der Waals surface area contributed by atoms with Gasteiger partial charge in [0.2, 0.25) is 5.95 Å². The summed E-state index contributed by atoms with van der Waals surface area (Å²) < 4.78 is 12.7. The monoisotopic (exact) mass is 444 g/mol. The zero-order valence-corrected chi connectivity index (χ0v) is 19.3. The highest BCUT2D eigenvalue weighted by Crippen LogP contribution is 2.45. The maximum atomic E-state index is 13.6. The summed E-state index contributed by atoms with van der Waals surface area (Å²) >= 11 is 0. The first-order chi connectivity index (χ1) is 16.0. The number of hydrogen-bond acceptors (Lipinski definition) is 6. The molecule has 0 fully saturated rings. The van der Waals surface area contributed by atoms with Crippen LogP contribution in [0.25, 0.3) is 0 Å². The number of aromatic nitrogens is 3. The van der Waals surface area contributed by atoms with E-state index in [-0.39, 0.29) is 17.7 Å². The molecule has 1 aromatic heterocycles. The van der Waals surface area contributed by atoms with Crippen LogP contribution < -0.4 is 14.8 Å². The minimum Gasteiger partial charge on any atom is -0.493 e. The van der Waals surface area contributed by atoms with Crippen molar-refractivity contribution in [2.75, 3.05) is 19.5 Å². The number of carbonyl (C=O) groups is 1. The Balaban J connectivity index is 1.53. The number of anilines is 1. The third-order valence-electron chi connectivity index (χ3n) is 6.66. The van der Waals surface area contributed by atoms with Crippen molar-refractivity contribution in [2.24, 2.45) is 0 Å². The molecule has 1 aliphatic carbocycles. The van der Waals surface area contributed by atoms with Gasteiger partial charge in [0.05, 0.1) is 14.2 Å². The van der Waals surface area contributed by atoms with Crippen molar-refractivity contribution in [1.82, 2.24) is 14.8 Å². The summed E-state index contributed by atoms with van der Waals surface area (Å²) in [6.45, 7) is 4.35. The lowest BCUT2D eigenvalue weighted by Gasteiger charge is -2.35. The fourth-order valence-corrected chi connectivity index (χ4v) is 4.87. The molecule has 170 valence electrons. The molecule has 0 spiro atoms. The van der Waals surface area contributed by atoms with Gasteiger partial charge in [-0.05, 0) is 47.1 Å². The first-order valence-electron chi connectivity index (χ1n) is 11.2. The van der Waals surface area contributed by atoms with Crippen molar-refractivity contribution in [1.29, 1.82) is 0 Å². The lowest BCUT2D eigenvalue weighted by atomic mass is 9.77. The number of hydrogen-bond donors (Lipinski definition) is 1. The van der Waals surface area contributed by atoms with E-state index in [1.165, 1.54) is 11.9 Å². The molecule has 3 aromatic rings. The lowest BCUT2D eigenvalue weighted by Crippen LogP contribution is -2.33. The number of rotatable bonds is 5. The second kappa shape index (κ2) is 8.39. The number of fused-ring (bicyclic) bond motifs is 1. The smallest absolute Gasteiger partial charge is 0.226 e. The molecule has 5 rings (SSSR count). The van der Waals surface area contributed by atoms with Crippen molar-refractivity contribution < 1.29 is 14.3 Å². The zero-order valence-electron chi connectivity index (χ0n) is 19.3. The summed E-state index contributed by atoms with van der Waals surface area (Å²) in [5.74, 6) is 2.62. The Morgan fingerprint density at radius 2 is 1.73 bits per heavy atom. The third kappa shape index (κ3) is 3.67. The fourth-order valence-electron chi connectivity index (χ4n) is 4.87. The average Bonchev–Trinajstić information content (AvgIpc) is 3.30. The Morgan fingerprint density at radius 1 is 1.00 bits per heavy atom. The number of allylic oxidation sites excluding steroid dienone is 2. The van der Waals surface area contributed by atoms with Gasteiger partial charge in [-0.25, -0.2) is 4.68 Å². The van der Waals surface area contributed by atoms with Gasteiger partial charge in [-0.2, -0.15) is 10.1 Å². The Bertz CT molecular complexity index is 1230. The van der Waals surface area contributed by atoms with E-state index in [0.29, 0.717) is 36.2 Å². The number of ether oxygens (including phenoxy) is 2. The molecule has 0 amide bonds. The summed E-state index contributed by atoms with van der Waals surface area (Å²) in [7, 11) is 3.24. The zero-order chi connectivity index (χ0) is 23.1. The topological polar surface area (TPSA) is 78.3 Å². The van der Waals surface area contributed by atoms with Gasteiger partial charge in [-0.15, -0.1) is 0 Å². The SMILES string of the molecule is COc1ccc([C@H]2CC(=O)C3=C(C2)Nc2ncnn2[C@@H]3c2ccc(C(C)C)cc2)cc1OC. The molecule has 1 N–H and O–H groups in total. The van der Waals surface area contributed by atoms with E-state index < -0.39 is 0 Å². The van der Waals surface area contributed by atoms with E-state index in [1.807, 2.05) is 22.9 Å². The van der Waals surface area contributed by atoms with Gasteiger partial charge in [0.1, 0.15) is 12.4 Å². The Kier molecular flexibility index (Phi) is 5.40. The summed E-state index contributed by atoms with van der Waals surface area (Å²) in [4.78, 5) is 18.0. The van der Waals surface area contributed by atoms with Crippen LogP contribution in [0.2, 0.25) is 0 Å². The van der Waals surface area contributed by atoms with Gasteiger partial charge >= 0.3 is 0 Å². The van der Waals surface area contributed by atoms with E-state index >= 15 is 0 Å². The van der Waals surface area contributed by atoms with Gasteiger partial charge in [-0.3, -0.25) is 4.79 Å². The van der Waals surface area contributed by atoms with Crippen molar-refractivity contribution in [3.8, 4) is 11.5 Å². The minimum absolute atomic E-state index is 0.0435. The minimum atomic E-state index is -0.279. The molecule has 0 unspecified atom stereocenters. The van der Waals surface area contributed by atoms with E-state index in [9.17, 15) is 4.79 Å². The first kappa shape index (κ1) is 21.2. The van der Waals surface area contributed by atoms with E-state index in [0.717, 1.165) is 22.4 Å². The molecule has 2 heterocycles. The largest absolute Gasteiger partial charge is 0.493 e. The molecule has 0 saturated carbocycles. The lowest BCUT2D eigenvalue weighted by molar-refractivity contribution is -0.116. The molecular formula is C26H28N4O3. The van der Waals surface area contributed by atoms with Crippen molar-refractivity contribution in [3.63, 3.8) is 0 Å². The van der Waals surface area contributed by atoms with Gasteiger partial charge in [0.25, 0.3) is 0 Å². The summed E-state index contributed by atoms with van der Waals surface area (Å²) in [5.41, 5.74) is 5.06. The molecule has 2 aliphatic rings. The normalized spacial score (nSPS) is 19.7. The highest BCUT2D eigenvalue weighted by Gasteiger charge is 2.39. The molecule has 1 aliphatic heterocycles. The Morgan fingerprint density at radius 3 is 2.42 bits per heavy atom. The van der Waals surface area contributed by atoms with Gasteiger partial charge in [0, 0.05) is 17.7 Å². The molecule has 2 aromatic carbocycles. The standard InChI is InChI=1S/C26H28N4O3/c1-15(2)16-5-7-17(8-6-16)25-24-20(29-26-27-14-28-30(25)26)11-19(12-21(24)31)18-9-10-22(32-3)23(13-18)33-4/h5-10,13-15,19,25H,11-12H2,1-4H3,(H,27,28,29)/t19-,25-/m1/s1. The number of Topliss-reactive ketones (excluding diaryl/α,β-unsaturated/α-hetero) is 1. The Hall–Kier alpha value is -3.61. The molecular weight excluding hydrogens is 416 g/mol. The maximum absolute atomic E-state index is 13.6. The van der Waals surface area contributed by atoms with Crippen LogP contribution in [0.5, 0.6) is 11.5 Å². The summed E-state index contributed by atoms with van der Waals surface area (Å²) in [6, 6.07) is 14.1. The van der Waals surface area contributed by atoms with Crippen LogP contribution in [0.1, 0.15) is 61.3 Å². The number of nitrogens with zero attached hydrogens (tertiary/aromatic N) is 3. The van der Waals surface area contributed by atoms with Crippen LogP contribution in [-0.2, 0) is 4.79 Å². The summed E-state index contributed by atoms with van der Waals surface area (Å²) in [6.07, 6.45) is 2.68. The molecule has 33 heavy (non-hydrogen) atoms. The number of benzene rings is 2. The van der Waals surface area contributed by atoms with Crippen LogP contribution >= 0.6 is 0 Å². The van der Waals surface area contributed by atoms with Crippen LogP contribution in [0, 0.1) is 0 Å². The van der Waals surface area contributed by atoms with E-state index in [1.54, 1.807) is 14.2 Å². The molecule has 0 bridgehead atoms. The number of methoxy groups -OCH3 is 2. The van der Waals surface area contributed by atoms with E-state index in [4.69, 9.17) is 9.47 Å². The van der Waals surface area contributed by atoms with Crippen molar-refractivity contribution in [2.45, 2.75) is 44.6 Å². The van der Waals surface area contributed by atoms with Gasteiger partial charge in [-0.1, -0.05) is 44.2 Å². The van der Waals surface area contributed by atoms with E-state index in [2.05, 4.69) is 53.5 Å². The highest BCUT2D eigenvalue weighted by molar-refractivity contribution is 6.00. The number of nitrogens with one attached hydrogen (secondary N) is 1. The third-order valence-corrected chi connectivity index (χ3v) is 6.66.